The Morgan fingerprint density at radius 2 is 1.88 bits per heavy atom. The van der Waals surface area contributed by atoms with Crippen LogP contribution in [-0.2, 0) is 24.3 Å². The number of nitrogens with one attached hydrogen (secondary N) is 1. The molecular weight excluding hydrogens is 236 g/mol. The van der Waals surface area contributed by atoms with Gasteiger partial charge in [0.05, 0.1) is 18.8 Å². The Bertz CT molecular complexity index is 362. The molecule has 1 rings (SSSR count). The standard InChI is InChI=1S/C8H14N2O5S/c1-15-3-2-4-16(13,14)10-5-7(11)9-8(12)6-10/h2-6H2,1H3,(H,9,11,12). The Labute approximate surface area is 93.8 Å². The SMILES string of the molecule is COCCCS(=O)(=O)N1CC(=O)NC(=O)C1. The van der Waals surface area contributed by atoms with Gasteiger partial charge in [0.15, 0.2) is 0 Å². The van der Waals surface area contributed by atoms with E-state index in [0.717, 1.165) is 4.31 Å². The zero-order chi connectivity index (χ0) is 12.2. The topological polar surface area (TPSA) is 92.8 Å². The highest BCUT2D eigenvalue weighted by molar-refractivity contribution is 7.89. The maximum Gasteiger partial charge on any atom is 0.241 e. The first kappa shape index (κ1) is 13.1. The number of piperazine rings is 1. The number of carbonyl (C=O) groups excluding carboxylic acids is 2. The van der Waals surface area contributed by atoms with Gasteiger partial charge in [-0.25, -0.2) is 8.42 Å². The minimum atomic E-state index is -3.55. The predicted octanol–water partition coefficient (Wildman–Crippen LogP) is -1.69. The van der Waals surface area contributed by atoms with Crippen molar-refractivity contribution in [3.8, 4) is 0 Å². The molecule has 0 atom stereocenters. The Hall–Kier alpha value is -0.990. The van der Waals surface area contributed by atoms with Gasteiger partial charge >= 0.3 is 0 Å². The second-order valence-electron chi connectivity index (χ2n) is 3.40. The largest absolute Gasteiger partial charge is 0.385 e. The number of imide groups is 1. The van der Waals surface area contributed by atoms with Crippen LogP contribution in [0, 0.1) is 0 Å². The van der Waals surface area contributed by atoms with E-state index in [9.17, 15) is 18.0 Å². The quantitative estimate of drug-likeness (QED) is 0.464. The summed E-state index contributed by atoms with van der Waals surface area (Å²) >= 11 is 0. The van der Waals surface area contributed by atoms with Crippen LogP contribution in [-0.4, -0.2) is 57.1 Å². The third kappa shape index (κ3) is 3.54. The minimum absolute atomic E-state index is 0.124. The molecule has 0 saturated carbocycles. The molecule has 1 fully saturated rings. The molecule has 8 heteroatoms. The molecule has 1 aliphatic heterocycles. The lowest BCUT2D eigenvalue weighted by atomic mass is 10.4. The molecule has 1 N–H and O–H groups in total. The second kappa shape index (κ2) is 5.37. The lowest BCUT2D eigenvalue weighted by Crippen LogP contribution is -2.53. The summed E-state index contributed by atoms with van der Waals surface area (Å²) in [7, 11) is -2.07. The highest BCUT2D eigenvalue weighted by Gasteiger charge is 2.31. The van der Waals surface area contributed by atoms with Crippen LogP contribution in [0.25, 0.3) is 0 Å². The smallest absolute Gasteiger partial charge is 0.241 e. The monoisotopic (exact) mass is 250 g/mol. The molecule has 0 unspecified atom stereocenters. The molecule has 1 aliphatic rings. The van der Waals surface area contributed by atoms with Crippen LogP contribution in [0.5, 0.6) is 0 Å². The van der Waals surface area contributed by atoms with Crippen molar-refractivity contribution < 1.29 is 22.7 Å². The molecule has 1 heterocycles. The van der Waals surface area contributed by atoms with Gasteiger partial charge in [0.2, 0.25) is 21.8 Å². The van der Waals surface area contributed by atoms with Gasteiger partial charge in [0.25, 0.3) is 0 Å². The summed E-state index contributed by atoms with van der Waals surface area (Å²) in [5.41, 5.74) is 0. The Balaban J connectivity index is 2.60. The molecule has 7 nitrogen and oxygen atoms in total. The number of rotatable bonds is 5. The number of nitrogens with zero attached hydrogens (tertiary/aromatic N) is 1. The van der Waals surface area contributed by atoms with E-state index in [1.54, 1.807) is 0 Å². The lowest BCUT2D eigenvalue weighted by molar-refractivity contribution is -0.134. The fourth-order valence-electron chi connectivity index (χ4n) is 1.32. The highest BCUT2D eigenvalue weighted by atomic mass is 32.2. The average molecular weight is 250 g/mol. The Morgan fingerprint density at radius 1 is 1.31 bits per heavy atom. The van der Waals surface area contributed by atoms with Crippen molar-refractivity contribution in [3.63, 3.8) is 0 Å². The van der Waals surface area contributed by atoms with Crippen LogP contribution in [0.3, 0.4) is 0 Å². The molecule has 0 aromatic rings. The lowest BCUT2D eigenvalue weighted by Gasteiger charge is -2.24. The number of ether oxygens (including phenoxy) is 1. The first-order chi connectivity index (χ1) is 7.45. The van der Waals surface area contributed by atoms with Crippen molar-refractivity contribution >= 4 is 21.8 Å². The second-order valence-corrected chi connectivity index (χ2v) is 5.49. The van der Waals surface area contributed by atoms with Crippen LogP contribution in [0.1, 0.15) is 6.42 Å². The van der Waals surface area contributed by atoms with Crippen molar-refractivity contribution in [2.24, 2.45) is 0 Å². The number of hydrogen-bond donors (Lipinski definition) is 1. The van der Waals surface area contributed by atoms with Crippen molar-refractivity contribution in [2.45, 2.75) is 6.42 Å². The van der Waals surface area contributed by atoms with Crippen LogP contribution >= 0.6 is 0 Å². The zero-order valence-electron chi connectivity index (χ0n) is 8.93. The summed E-state index contributed by atoms with van der Waals surface area (Å²) in [6, 6.07) is 0. The number of hydrogen-bond acceptors (Lipinski definition) is 5. The number of carbonyl (C=O) groups is 2. The summed E-state index contributed by atoms with van der Waals surface area (Å²) in [4.78, 5) is 22.0. The summed E-state index contributed by atoms with van der Waals surface area (Å²) in [5, 5.41) is 2.04. The molecule has 0 aliphatic carbocycles. The van der Waals surface area contributed by atoms with E-state index in [4.69, 9.17) is 4.74 Å². The first-order valence-corrected chi connectivity index (χ1v) is 6.36. The molecule has 0 aromatic carbocycles. The van der Waals surface area contributed by atoms with Gasteiger partial charge in [-0.2, -0.15) is 4.31 Å². The van der Waals surface area contributed by atoms with Crippen LogP contribution in [0.2, 0.25) is 0 Å². The molecule has 0 radical (unpaired) electrons. The fraction of sp³-hybridized carbons (Fsp3) is 0.750. The highest BCUT2D eigenvalue weighted by Crippen LogP contribution is 2.05. The van der Waals surface area contributed by atoms with Gasteiger partial charge in [0, 0.05) is 13.7 Å². The molecule has 1 saturated heterocycles. The van der Waals surface area contributed by atoms with Gasteiger partial charge in [-0.05, 0) is 6.42 Å². The predicted molar refractivity (Wildman–Crippen MR) is 55.0 cm³/mol. The molecule has 0 spiro atoms. The molecule has 2 amide bonds. The van der Waals surface area contributed by atoms with E-state index in [-0.39, 0.29) is 18.8 Å². The van der Waals surface area contributed by atoms with Crippen LogP contribution in [0.15, 0.2) is 0 Å². The Kier molecular flexibility index (Phi) is 4.39. The Morgan fingerprint density at radius 3 is 2.38 bits per heavy atom. The summed E-state index contributed by atoms with van der Waals surface area (Å²) in [6.07, 6.45) is 0.338. The van der Waals surface area contributed by atoms with Crippen molar-refractivity contribution in [1.82, 2.24) is 9.62 Å². The van der Waals surface area contributed by atoms with E-state index in [1.807, 2.05) is 5.32 Å². The van der Waals surface area contributed by atoms with Crippen molar-refractivity contribution in [2.75, 3.05) is 32.6 Å². The van der Waals surface area contributed by atoms with Gasteiger partial charge in [-0.3, -0.25) is 14.9 Å². The summed E-state index contributed by atoms with van der Waals surface area (Å²) in [5.74, 6) is -1.31. The number of sulfonamides is 1. The average Bonchev–Trinajstić information content (AvgIpc) is 2.16. The van der Waals surface area contributed by atoms with E-state index >= 15 is 0 Å². The number of amides is 2. The number of methoxy groups -OCH3 is 1. The molecule has 0 aromatic heterocycles. The van der Waals surface area contributed by atoms with Crippen molar-refractivity contribution in [1.29, 1.82) is 0 Å². The first-order valence-electron chi connectivity index (χ1n) is 4.75. The normalized spacial score (nSPS) is 18.6. The molecule has 0 bridgehead atoms. The van der Waals surface area contributed by atoms with Gasteiger partial charge < -0.3 is 4.74 Å². The molecular formula is C8H14N2O5S. The van der Waals surface area contributed by atoms with E-state index < -0.39 is 21.8 Å². The van der Waals surface area contributed by atoms with Crippen LogP contribution < -0.4 is 5.32 Å². The fourth-order valence-corrected chi connectivity index (χ4v) is 2.69. The zero-order valence-corrected chi connectivity index (χ0v) is 9.75. The summed E-state index contributed by atoms with van der Waals surface area (Å²) in [6.45, 7) is -0.255. The molecule has 16 heavy (non-hydrogen) atoms. The minimum Gasteiger partial charge on any atom is -0.385 e. The third-order valence-electron chi connectivity index (χ3n) is 2.06. The maximum absolute atomic E-state index is 11.7. The van der Waals surface area contributed by atoms with Gasteiger partial charge in [-0.1, -0.05) is 0 Å². The van der Waals surface area contributed by atoms with Crippen molar-refractivity contribution in [3.05, 3.63) is 0 Å². The van der Waals surface area contributed by atoms with Crippen LogP contribution in [0.4, 0.5) is 0 Å². The molecule has 92 valence electrons. The van der Waals surface area contributed by atoms with Gasteiger partial charge in [-0.15, -0.1) is 0 Å². The van der Waals surface area contributed by atoms with E-state index in [1.165, 1.54) is 7.11 Å². The maximum atomic E-state index is 11.7. The van der Waals surface area contributed by atoms with E-state index in [2.05, 4.69) is 0 Å². The summed E-state index contributed by atoms with van der Waals surface area (Å²) < 4.78 is 29.0. The third-order valence-corrected chi connectivity index (χ3v) is 3.91. The van der Waals surface area contributed by atoms with Gasteiger partial charge in [0.1, 0.15) is 0 Å². The van der Waals surface area contributed by atoms with E-state index in [0.29, 0.717) is 13.0 Å².